The molecule has 0 amide bonds. The fourth-order valence-corrected chi connectivity index (χ4v) is 2.57. The van der Waals surface area contributed by atoms with Gasteiger partial charge in [0.25, 0.3) is 0 Å². The third kappa shape index (κ3) is 4.07. The molecule has 1 saturated carbocycles. The van der Waals surface area contributed by atoms with Gasteiger partial charge in [-0.25, -0.2) is 0 Å². The summed E-state index contributed by atoms with van der Waals surface area (Å²) < 4.78 is 0. The van der Waals surface area contributed by atoms with Gasteiger partial charge in [0.05, 0.1) is 0 Å². The number of hydrogen-bond acceptors (Lipinski definition) is 1. The van der Waals surface area contributed by atoms with Crippen molar-refractivity contribution < 1.29 is 0 Å². The predicted octanol–water partition coefficient (Wildman–Crippen LogP) is 4.30. The van der Waals surface area contributed by atoms with Crippen molar-refractivity contribution in [2.45, 2.75) is 65.3 Å². The van der Waals surface area contributed by atoms with Crippen LogP contribution >= 0.6 is 0 Å². The van der Waals surface area contributed by atoms with Gasteiger partial charge < -0.3 is 5.32 Å². The number of rotatable bonds is 5. The monoisotopic (exact) mass is 259 g/mol. The van der Waals surface area contributed by atoms with Crippen molar-refractivity contribution >= 4 is 0 Å². The van der Waals surface area contributed by atoms with E-state index in [0.717, 1.165) is 0 Å². The van der Waals surface area contributed by atoms with E-state index in [9.17, 15) is 0 Å². The van der Waals surface area contributed by atoms with Crippen molar-refractivity contribution in [1.82, 2.24) is 5.32 Å². The molecule has 1 N–H and O–H groups in total. The van der Waals surface area contributed by atoms with E-state index in [-0.39, 0.29) is 5.41 Å². The van der Waals surface area contributed by atoms with Gasteiger partial charge in [-0.05, 0) is 41.2 Å². The highest BCUT2D eigenvalue weighted by Crippen LogP contribution is 2.48. The van der Waals surface area contributed by atoms with Crippen LogP contribution < -0.4 is 5.32 Å². The second kappa shape index (κ2) is 5.28. The van der Waals surface area contributed by atoms with Crippen LogP contribution in [0.3, 0.4) is 0 Å². The van der Waals surface area contributed by atoms with Crippen LogP contribution in [-0.4, -0.2) is 12.6 Å². The molecule has 1 nitrogen and oxygen atoms in total. The van der Waals surface area contributed by atoms with E-state index in [4.69, 9.17) is 0 Å². The highest BCUT2D eigenvalue weighted by atomic mass is 14.9. The Kier molecular flexibility index (Phi) is 4.06. The van der Waals surface area contributed by atoms with Crippen LogP contribution in [-0.2, 0) is 11.8 Å². The number of benzene rings is 1. The SMILES string of the molecule is CC(C)NCC1(Cc2ccc(C(C)(C)C)cc2)CC1. The number of hydrogen-bond donors (Lipinski definition) is 1. The molecule has 2 rings (SSSR count). The Labute approximate surface area is 118 Å². The maximum atomic E-state index is 3.60. The zero-order valence-corrected chi connectivity index (χ0v) is 13.2. The standard InChI is InChI=1S/C18H29N/c1-14(2)19-13-18(10-11-18)12-15-6-8-16(9-7-15)17(3,4)5/h6-9,14,19H,10-13H2,1-5H3. The van der Waals surface area contributed by atoms with Gasteiger partial charge in [0, 0.05) is 12.6 Å². The molecule has 0 spiro atoms. The molecule has 0 saturated heterocycles. The van der Waals surface area contributed by atoms with Gasteiger partial charge in [-0.2, -0.15) is 0 Å². The van der Waals surface area contributed by atoms with Gasteiger partial charge in [-0.15, -0.1) is 0 Å². The highest BCUT2D eigenvalue weighted by molar-refractivity contribution is 5.28. The van der Waals surface area contributed by atoms with Gasteiger partial charge in [-0.3, -0.25) is 0 Å². The summed E-state index contributed by atoms with van der Waals surface area (Å²) in [6, 6.07) is 9.87. The highest BCUT2D eigenvalue weighted by Gasteiger charge is 2.42. The Balaban J connectivity index is 1.96. The fourth-order valence-electron chi connectivity index (χ4n) is 2.57. The second-order valence-electron chi connectivity index (χ2n) is 7.66. The van der Waals surface area contributed by atoms with E-state index >= 15 is 0 Å². The summed E-state index contributed by atoms with van der Waals surface area (Å²) in [6.45, 7) is 12.5. The fraction of sp³-hybridized carbons (Fsp3) is 0.667. The molecule has 19 heavy (non-hydrogen) atoms. The Hall–Kier alpha value is -0.820. The molecular formula is C18H29N. The minimum atomic E-state index is 0.259. The van der Waals surface area contributed by atoms with E-state index in [1.54, 1.807) is 0 Å². The quantitative estimate of drug-likeness (QED) is 0.831. The summed E-state index contributed by atoms with van der Waals surface area (Å²) in [5.41, 5.74) is 3.74. The molecule has 0 unspecified atom stereocenters. The van der Waals surface area contributed by atoms with Crippen LogP contribution in [0.25, 0.3) is 0 Å². The van der Waals surface area contributed by atoms with Gasteiger partial charge in [0.1, 0.15) is 0 Å². The zero-order valence-electron chi connectivity index (χ0n) is 13.2. The summed E-state index contributed by atoms with van der Waals surface area (Å²) in [5.74, 6) is 0. The zero-order chi connectivity index (χ0) is 14.1. The first-order valence-electron chi connectivity index (χ1n) is 7.64. The molecule has 1 aromatic rings. The Morgan fingerprint density at radius 3 is 2.11 bits per heavy atom. The van der Waals surface area contributed by atoms with Gasteiger partial charge in [0.15, 0.2) is 0 Å². The van der Waals surface area contributed by atoms with Crippen molar-refractivity contribution in [3.05, 3.63) is 35.4 Å². The molecule has 0 bridgehead atoms. The lowest BCUT2D eigenvalue weighted by atomic mass is 9.85. The van der Waals surface area contributed by atoms with Crippen LogP contribution in [0.15, 0.2) is 24.3 Å². The van der Waals surface area contributed by atoms with Crippen LogP contribution in [0.1, 0.15) is 58.6 Å². The molecule has 1 aliphatic carbocycles. The third-order valence-electron chi connectivity index (χ3n) is 4.24. The third-order valence-corrected chi connectivity index (χ3v) is 4.24. The largest absolute Gasteiger partial charge is 0.314 e. The Bertz CT molecular complexity index is 404. The molecule has 106 valence electrons. The molecule has 1 aliphatic rings. The van der Waals surface area contributed by atoms with Crippen LogP contribution in [0.4, 0.5) is 0 Å². The lowest BCUT2D eigenvalue weighted by Gasteiger charge is -2.21. The van der Waals surface area contributed by atoms with E-state index in [1.165, 1.54) is 36.9 Å². The van der Waals surface area contributed by atoms with Crippen LogP contribution in [0.2, 0.25) is 0 Å². The van der Waals surface area contributed by atoms with Crippen LogP contribution in [0, 0.1) is 5.41 Å². The van der Waals surface area contributed by atoms with Crippen molar-refractivity contribution in [1.29, 1.82) is 0 Å². The normalized spacial score (nSPS) is 17.8. The van der Waals surface area contributed by atoms with Crippen molar-refractivity contribution in [2.75, 3.05) is 6.54 Å². The average Bonchev–Trinajstić information content (AvgIpc) is 3.06. The lowest BCUT2D eigenvalue weighted by Crippen LogP contribution is -2.31. The van der Waals surface area contributed by atoms with E-state index in [1.807, 2.05) is 0 Å². The molecular weight excluding hydrogens is 230 g/mol. The minimum absolute atomic E-state index is 0.259. The first kappa shape index (κ1) is 14.6. The molecule has 0 aromatic heterocycles. The molecule has 1 aromatic carbocycles. The molecule has 0 aliphatic heterocycles. The smallest absolute Gasteiger partial charge is 0.00134 e. The van der Waals surface area contributed by atoms with Gasteiger partial charge in [0.2, 0.25) is 0 Å². The van der Waals surface area contributed by atoms with Crippen molar-refractivity contribution in [3.63, 3.8) is 0 Å². The van der Waals surface area contributed by atoms with E-state index < -0.39 is 0 Å². The second-order valence-corrected chi connectivity index (χ2v) is 7.66. The molecule has 0 heterocycles. The average molecular weight is 259 g/mol. The minimum Gasteiger partial charge on any atom is -0.314 e. The topological polar surface area (TPSA) is 12.0 Å². The van der Waals surface area contributed by atoms with Crippen molar-refractivity contribution in [2.24, 2.45) is 5.41 Å². The first-order valence-corrected chi connectivity index (χ1v) is 7.64. The molecule has 0 radical (unpaired) electrons. The van der Waals surface area contributed by atoms with E-state index in [0.29, 0.717) is 11.5 Å². The number of nitrogens with one attached hydrogen (secondary N) is 1. The first-order chi connectivity index (χ1) is 8.81. The summed E-state index contributed by atoms with van der Waals surface area (Å²) in [4.78, 5) is 0. The summed E-state index contributed by atoms with van der Waals surface area (Å²) >= 11 is 0. The summed E-state index contributed by atoms with van der Waals surface area (Å²) in [7, 11) is 0. The summed E-state index contributed by atoms with van der Waals surface area (Å²) in [5, 5.41) is 3.60. The van der Waals surface area contributed by atoms with E-state index in [2.05, 4.69) is 64.2 Å². The summed E-state index contributed by atoms with van der Waals surface area (Å²) in [6.07, 6.45) is 4.00. The lowest BCUT2D eigenvalue weighted by molar-refractivity contribution is 0.429. The Morgan fingerprint density at radius 2 is 1.68 bits per heavy atom. The predicted molar refractivity (Wildman–Crippen MR) is 83.7 cm³/mol. The Morgan fingerprint density at radius 1 is 1.11 bits per heavy atom. The maximum Gasteiger partial charge on any atom is 0.00134 e. The molecule has 1 heteroatoms. The van der Waals surface area contributed by atoms with Crippen LogP contribution in [0.5, 0.6) is 0 Å². The molecule has 1 fully saturated rings. The van der Waals surface area contributed by atoms with Gasteiger partial charge >= 0.3 is 0 Å². The van der Waals surface area contributed by atoms with Crippen molar-refractivity contribution in [3.8, 4) is 0 Å². The molecule has 0 atom stereocenters. The van der Waals surface area contributed by atoms with Gasteiger partial charge in [-0.1, -0.05) is 58.9 Å². The maximum absolute atomic E-state index is 3.60.